The van der Waals surface area contributed by atoms with Crippen LogP contribution in [0.25, 0.3) is 16.9 Å². The fraction of sp³-hybridized carbons (Fsp3) is 0.185. The number of amides is 1. The number of fused-ring (bicyclic) bond motifs is 1. The molecule has 1 amide bonds. The molecule has 1 aliphatic heterocycles. The second kappa shape index (κ2) is 8.94. The number of nitrogens with one attached hydrogen (secondary N) is 1. The number of methoxy groups -OCH3 is 3. The molecule has 172 valence electrons. The molecular weight excluding hydrogens is 430 g/mol. The van der Waals surface area contributed by atoms with Gasteiger partial charge in [0, 0.05) is 29.0 Å². The molecule has 7 nitrogen and oxygen atoms in total. The first-order valence-electron chi connectivity index (χ1n) is 11.0. The van der Waals surface area contributed by atoms with Crippen molar-refractivity contribution >= 4 is 11.7 Å². The van der Waals surface area contributed by atoms with Gasteiger partial charge in [-0.15, -0.1) is 0 Å². The smallest absolute Gasteiger partial charge is 0.226 e. The number of anilines is 1. The van der Waals surface area contributed by atoms with Gasteiger partial charge in [-0.3, -0.25) is 4.79 Å². The zero-order chi connectivity index (χ0) is 23.7. The molecule has 7 heteroatoms. The van der Waals surface area contributed by atoms with Gasteiger partial charge < -0.3 is 19.5 Å². The largest absolute Gasteiger partial charge is 0.497 e. The fourth-order valence-electron chi connectivity index (χ4n) is 4.45. The van der Waals surface area contributed by atoms with Gasteiger partial charge in [0.2, 0.25) is 5.91 Å². The molecule has 0 radical (unpaired) electrons. The molecule has 0 saturated carbocycles. The first-order chi connectivity index (χ1) is 16.6. The average molecular weight is 456 g/mol. The second-order valence-electron chi connectivity index (χ2n) is 8.00. The summed E-state index contributed by atoms with van der Waals surface area (Å²) in [6.07, 6.45) is 0.269. The van der Waals surface area contributed by atoms with Crippen molar-refractivity contribution in [1.29, 1.82) is 0 Å². The Labute approximate surface area is 197 Å². The highest BCUT2D eigenvalue weighted by Crippen LogP contribution is 2.46. The summed E-state index contributed by atoms with van der Waals surface area (Å²) in [6.45, 7) is 0. The van der Waals surface area contributed by atoms with Crippen LogP contribution >= 0.6 is 0 Å². The van der Waals surface area contributed by atoms with E-state index in [-0.39, 0.29) is 18.2 Å². The molecule has 1 aromatic heterocycles. The van der Waals surface area contributed by atoms with Crippen molar-refractivity contribution in [3.8, 4) is 34.2 Å². The Hall–Kier alpha value is -4.26. The van der Waals surface area contributed by atoms with E-state index >= 15 is 0 Å². The molecule has 1 N–H and O–H groups in total. The maximum absolute atomic E-state index is 12.9. The maximum atomic E-state index is 12.9. The molecule has 4 aromatic rings. The van der Waals surface area contributed by atoms with Gasteiger partial charge in [0.25, 0.3) is 0 Å². The summed E-state index contributed by atoms with van der Waals surface area (Å²) < 4.78 is 18.3. The highest BCUT2D eigenvalue weighted by Gasteiger charge is 2.36. The van der Waals surface area contributed by atoms with Gasteiger partial charge in [-0.05, 0) is 42.5 Å². The Balaban J connectivity index is 1.76. The van der Waals surface area contributed by atoms with Crippen LogP contribution in [0.3, 0.4) is 0 Å². The number of hydrogen-bond acceptors (Lipinski definition) is 5. The van der Waals surface area contributed by atoms with Crippen molar-refractivity contribution in [1.82, 2.24) is 9.78 Å². The van der Waals surface area contributed by atoms with Gasteiger partial charge in [0.05, 0.1) is 32.7 Å². The Morgan fingerprint density at radius 2 is 1.59 bits per heavy atom. The predicted octanol–water partition coefficient (Wildman–Crippen LogP) is 5.04. The zero-order valence-electron chi connectivity index (χ0n) is 19.2. The van der Waals surface area contributed by atoms with Crippen LogP contribution in [0.2, 0.25) is 0 Å². The van der Waals surface area contributed by atoms with E-state index in [0.29, 0.717) is 17.3 Å². The van der Waals surface area contributed by atoms with E-state index in [9.17, 15) is 4.79 Å². The minimum atomic E-state index is -0.268. The van der Waals surface area contributed by atoms with E-state index in [1.807, 2.05) is 72.8 Å². The van der Waals surface area contributed by atoms with Crippen molar-refractivity contribution in [2.24, 2.45) is 0 Å². The van der Waals surface area contributed by atoms with Crippen LogP contribution in [0, 0.1) is 0 Å². The third-order valence-corrected chi connectivity index (χ3v) is 6.09. The van der Waals surface area contributed by atoms with E-state index in [0.717, 1.165) is 33.8 Å². The quantitative estimate of drug-likeness (QED) is 0.441. The summed E-state index contributed by atoms with van der Waals surface area (Å²) in [6, 6.07) is 23.2. The Bertz CT molecular complexity index is 1330. The van der Waals surface area contributed by atoms with Crippen LogP contribution in [0.5, 0.6) is 17.2 Å². The van der Waals surface area contributed by atoms with Crippen molar-refractivity contribution < 1.29 is 19.0 Å². The molecule has 0 saturated heterocycles. The van der Waals surface area contributed by atoms with Crippen LogP contribution in [-0.2, 0) is 4.79 Å². The number of ether oxygens (including phenoxy) is 3. The minimum absolute atomic E-state index is 0.0864. The number of nitrogens with zero attached hydrogens (tertiary/aromatic N) is 2. The van der Waals surface area contributed by atoms with E-state index in [1.165, 1.54) is 0 Å². The Kier molecular flexibility index (Phi) is 5.67. The van der Waals surface area contributed by atoms with Crippen LogP contribution in [0.15, 0.2) is 72.8 Å². The molecule has 0 unspecified atom stereocenters. The molecule has 0 fully saturated rings. The fourth-order valence-corrected chi connectivity index (χ4v) is 4.45. The number of rotatable bonds is 6. The maximum Gasteiger partial charge on any atom is 0.226 e. The number of carbonyl (C=O) groups excluding carboxylic acids is 1. The highest BCUT2D eigenvalue weighted by molar-refractivity contribution is 5.97. The molecular formula is C27H25N3O4. The van der Waals surface area contributed by atoms with E-state index < -0.39 is 0 Å². The van der Waals surface area contributed by atoms with Crippen molar-refractivity contribution in [3.05, 3.63) is 83.9 Å². The van der Waals surface area contributed by atoms with Crippen LogP contribution in [-0.4, -0.2) is 37.0 Å². The molecule has 2 heterocycles. The van der Waals surface area contributed by atoms with E-state index in [2.05, 4.69) is 5.32 Å². The minimum Gasteiger partial charge on any atom is -0.497 e. The van der Waals surface area contributed by atoms with Crippen LogP contribution < -0.4 is 19.5 Å². The molecule has 34 heavy (non-hydrogen) atoms. The normalized spacial score (nSPS) is 14.8. The van der Waals surface area contributed by atoms with Crippen LogP contribution in [0.4, 0.5) is 5.82 Å². The van der Waals surface area contributed by atoms with Gasteiger partial charge in [0.1, 0.15) is 23.1 Å². The molecule has 5 rings (SSSR count). The summed E-state index contributed by atoms with van der Waals surface area (Å²) in [7, 11) is 4.89. The average Bonchev–Trinajstić information content (AvgIpc) is 3.27. The number of hydrogen-bond donors (Lipinski definition) is 1. The molecule has 0 spiro atoms. The van der Waals surface area contributed by atoms with Gasteiger partial charge in [-0.25, -0.2) is 4.68 Å². The van der Waals surface area contributed by atoms with Crippen molar-refractivity contribution in [3.63, 3.8) is 0 Å². The molecule has 1 atom stereocenters. The van der Waals surface area contributed by atoms with E-state index in [1.54, 1.807) is 26.0 Å². The Morgan fingerprint density at radius 1 is 0.882 bits per heavy atom. The lowest BCUT2D eigenvalue weighted by Gasteiger charge is -2.26. The topological polar surface area (TPSA) is 74.6 Å². The monoisotopic (exact) mass is 455 g/mol. The van der Waals surface area contributed by atoms with Crippen LogP contribution in [0.1, 0.15) is 23.5 Å². The first kappa shape index (κ1) is 21.6. The molecule has 1 aliphatic rings. The summed E-state index contributed by atoms with van der Waals surface area (Å²) in [5.74, 6) is 2.44. The van der Waals surface area contributed by atoms with Gasteiger partial charge in [-0.1, -0.05) is 30.3 Å². The van der Waals surface area contributed by atoms with E-state index in [4.69, 9.17) is 19.3 Å². The van der Waals surface area contributed by atoms with Gasteiger partial charge in [-0.2, -0.15) is 5.10 Å². The molecule has 3 aromatic carbocycles. The number of aromatic nitrogens is 2. The van der Waals surface area contributed by atoms with Crippen molar-refractivity contribution in [2.45, 2.75) is 12.3 Å². The summed E-state index contributed by atoms with van der Waals surface area (Å²) in [5.41, 5.74) is 4.41. The van der Waals surface area contributed by atoms with Gasteiger partial charge in [0.15, 0.2) is 0 Å². The summed E-state index contributed by atoms with van der Waals surface area (Å²) >= 11 is 0. The lowest BCUT2D eigenvalue weighted by atomic mass is 9.83. The summed E-state index contributed by atoms with van der Waals surface area (Å²) in [4.78, 5) is 12.9. The molecule has 0 aliphatic carbocycles. The number of benzene rings is 3. The SMILES string of the molecule is COc1ccc(-n2nc(-c3ccccc3)c3c2NC(=O)C[C@H]3c2cc(OC)ccc2OC)cc1. The zero-order valence-corrected chi connectivity index (χ0v) is 19.2. The lowest BCUT2D eigenvalue weighted by Crippen LogP contribution is -2.25. The lowest BCUT2D eigenvalue weighted by molar-refractivity contribution is -0.116. The predicted molar refractivity (Wildman–Crippen MR) is 130 cm³/mol. The molecule has 0 bridgehead atoms. The standard InChI is InChI=1S/C27H25N3O4/c1-32-19-11-9-18(10-12-19)30-27-25(26(29-30)17-7-5-4-6-8-17)22(16-24(31)28-27)21-15-20(33-2)13-14-23(21)34-3/h4-15,22H,16H2,1-3H3,(H,28,31)/t22-/m0/s1. The number of carbonyl (C=O) groups is 1. The van der Waals surface area contributed by atoms with Crippen molar-refractivity contribution in [2.75, 3.05) is 26.6 Å². The highest BCUT2D eigenvalue weighted by atomic mass is 16.5. The second-order valence-corrected chi connectivity index (χ2v) is 8.00. The first-order valence-corrected chi connectivity index (χ1v) is 11.0. The Morgan fingerprint density at radius 3 is 2.26 bits per heavy atom. The third kappa shape index (κ3) is 3.75. The summed E-state index contributed by atoms with van der Waals surface area (Å²) in [5, 5.41) is 8.05. The van der Waals surface area contributed by atoms with Gasteiger partial charge >= 0.3 is 0 Å². The third-order valence-electron chi connectivity index (χ3n) is 6.09.